The predicted molar refractivity (Wildman–Crippen MR) is 170 cm³/mol. The first-order chi connectivity index (χ1) is 20.7. The molecule has 0 saturated heterocycles. The molecule has 4 aromatic rings. The lowest BCUT2D eigenvalue weighted by atomic mass is 10.0. The van der Waals surface area contributed by atoms with E-state index in [-0.39, 0.29) is 23.1 Å². The van der Waals surface area contributed by atoms with E-state index in [4.69, 9.17) is 33.2 Å². The maximum atomic E-state index is 15.1. The number of halogens is 2. The Hall–Kier alpha value is -3.77. The number of H-pyrrole nitrogens is 1. The highest BCUT2D eigenvalue weighted by Gasteiger charge is 2.16. The number of hydrogen-bond acceptors (Lipinski definition) is 6. The van der Waals surface area contributed by atoms with Crippen LogP contribution in [0.5, 0.6) is 0 Å². The number of aromatic nitrogens is 3. The number of nitrogens with one attached hydrogen (secondary N) is 4. The molecule has 12 heteroatoms. The zero-order valence-corrected chi connectivity index (χ0v) is 25.3. The number of aromatic amines is 1. The van der Waals surface area contributed by atoms with Crippen molar-refractivity contribution in [1.82, 2.24) is 25.2 Å². The van der Waals surface area contributed by atoms with Gasteiger partial charge in [0.25, 0.3) is 0 Å². The average molecular weight is 611 g/mol. The standard InChI is InChI=1S/C31H40ClFN8O2/c1-19(34)5-3-6-20-15-24(28(33)25(32)16-20)27-17-22-18-41(31(42)40-29(22)39-27)23-9-7-21(8-10-23)26(11-14-43-2)37-12-4-13-38-30(35)36/h7-10,15-19,26,37H,3-6,11-14,34H2,1-2H3,(H4,35,36,38)(H,39,40,42)/t19-,26-/m0/s1. The molecule has 43 heavy (non-hydrogen) atoms. The van der Waals surface area contributed by atoms with Crippen molar-refractivity contribution in [2.75, 3.05) is 26.8 Å². The maximum Gasteiger partial charge on any atom is 0.354 e. The fraction of sp³-hybridized carbons (Fsp3) is 0.387. The summed E-state index contributed by atoms with van der Waals surface area (Å²) in [5.74, 6) is -0.568. The van der Waals surface area contributed by atoms with Crippen LogP contribution in [0.4, 0.5) is 4.39 Å². The van der Waals surface area contributed by atoms with Gasteiger partial charge in [0.1, 0.15) is 5.65 Å². The van der Waals surface area contributed by atoms with Gasteiger partial charge in [-0.2, -0.15) is 4.98 Å². The highest BCUT2D eigenvalue weighted by molar-refractivity contribution is 6.31. The quantitative estimate of drug-likeness (QED) is 0.0661. The lowest BCUT2D eigenvalue weighted by molar-refractivity contribution is 0.183. The smallest absolute Gasteiger partial charge is 0.354 e. The molecule has 0 aliphatic carbocycles. The number of nitrogens with zero attached hydrogens (tertiary/aromatic N) is 2. The van der Waals surface area contributed by atoms with Crippen LogP contribution in [0.3, 0.4) is 0 Å². The second-order valence-corrected chi connectivity index (χ2v) is 11.2. The molecule has 2 atom stereocenters. The van der Waals surface area contributed by atoms with E-state index in [0.29, 0.717) is 41.1 Å². The molecule has 230 valence electrons. The van der Waals surface area contributed by atoms with Gasteiger partial charge < -0.3 is 31.8 Å². The minimum atomic E-state index is -0.526. The van der Waals surface area contributed by atoms with Crippen molar-refractivity contribution < 1.29 is 9.13 Å². The summed E-state index contributed by atoms with van der Waals surface area (Å²) in [4.78, 5) is 20.3. The molecule has 10 nitrogen and oxygen atoms in total. The Kier molecular flexibility index (Phi) is 11.3. The van der Waals surface area contributed by atoms with Gasteiger partial charge in [-0.05, 0) is 87.0 Å². The second-order valence-electron chi connectivity index (χ2n) is 10.8. The molecule has 0 saturated carbocycles. The van der Waals surface area contributed by atoms with Gasteiger partial charge >= 0.3 is 5.69 Å². The normalized spacial score (nSPS) is 12.9. The molecule has 0 aliphatic rings. The number of hydrogen-bond donors (Lipinski definition) is 6. The second kappa shape index (κ2) is 15.1. The minimum absolute atomic E-state index is 0.0418. The SMILES string of the molecule is COCC[C@H](NCCCNC(=N)N)c1ccc(-n2cc3cc(-c4cc(CCC[C@H](C)N)cc(Cl)c4F)[nH]c3nc2=O)cc1. The van der Waals surface area contributed by atoms with Crippen molar-refractivity contribution >= 4 is 28.6 Å². The molecule has 0 unspecified atom stereocenters. The summed E-state index contributed by atoms with van der Waals surface area (Å²) in [5, 5.41) is 14.3. The molecular formula is C31H40ClFN8O2. The molecule has 2 heterocycles. The van der Waals surface area contributed by atoms with E-state index >= 15 is 4.39 Å². The predicted octanol–water partition coefficient (Wildman–Crippen LogP) is 4.38. The van der Waals surface area contributed by atoms with Gasteiger partial charge in [0.05, 0.1) is 16.4 Å². The third kappa shape index (κ3) is 8.64. The van der Waals surface area contributed by atoms with Gasteiger partial charge in [-0.25, -0.2) is 9.18 Å². The highest BCUT2D eigenvalue weighted by atomic mass is 35.5. The van der Waals surface area contributed by atoms with Gasteiger partial charge in [-0.15, -0.1) is 0 Å². The first kappa shape index (κ1) is 32.2. The number of benzene rings is 2. The first-order valence-corrected chi connectivity index (χ1v) is 14.8. The Morgan fingerprint density at radius 2 is 1.95 bits per heavy atom. The lowest BCUT2D eigenvalue weighted by Gasteiger charge is -2.19. The summed E-state index contributed by atoms with van der Waals surface area (Å²) in [6.45, 7) is 3.88. The number of guanidine groups is 1. The molecule has 0 aliphatic heterocycles. The lowest BCUT2D eigenvalue weighted by Crippen LogP contribution is -2.33. The first-order valence-electron chi connectivity index (χ1n) is 14.4. The minimum Gasteiger partial charge on any atom is -0.385 e. The van der Waals surface area contributed by atoms with E-state index in [1.807, 2.05) is 31.2 Å². The van der Waals surface area contributed by atoms with Crippen molar-refractivity contribution in [3.63, 3.8) is 0 Å². The van der Waals surface area contributed by atoms with E-state index in [1.54, 1.807) is 31.5 Å². The van der Waals surface area contributed by atoms with E-state index in [0.717, 1.165) is 49.8 Å². The van der Waals surface area contributed by atoms with Crippen LogP contribution in [-0.2, 0) is 11.2 Å². The Bertz CT molecular complexity index is 1590. The average Bonchev–Trinajstić information content (AvgIpc) is 3.38. The zero-order valence-electron chi connectivity index (χ0n) is 24.6. The van der Waals surface area contributed by atoms with Gasteiger partial charge in [0.2, 0.25) is 0 Å². The number of rotatable bonds is 15. The van der Waals surface area contributed by atoms with E-state index in [2.05, 4.69) is 20.6 Å². The van der Waals surface area contributed by atoms with Crippen molar-refractivity contribution in [2.45, 2.75) is 51.1 Å². The van der Waals surface area contributed by atoms with E-state index in [1.165, 1.54) is 4.57 Å². The fourth-order valence-electron chi connectivity index (χ4n) is 5.02. The Morgan fingerprint density at radius 1 is 1.19 bits per heavy atom. The van der Waals surface area contributed by atoms with Gasteiger partial charge in [0.15, 0.2) is 11.8 Å². The summed E-state index contributed by atoms with van der Waals surface area (Å²) in [6.07, 6.45) is 5.73. The molecule has 0 amide bonds. The molecule has 8 N–H and O–H groups in total. The number of ether oxygens (including phenoxy) is 1. The third-order valence-electron chi connectivity index (χ3n) is 7.26. The molecule has 4 rings (SSSR count). The maximum absolute atomic E-state index is 15.1. The third-order valence-corrected chi connectivity index (χ3v) is 7.53. The molecule has 2 aromatic carbocycles. The fourth-order valence-corrected chi connectivity index (χ4v) is 5.26. The molecule has 0 spiro atoms. The Labute approximate surface area is 255 Å². The van der Waals surface area contributed by atoms with Gasteiger partial charge in [0, 0.05) is 49.5 Å². The Balaban J connectivity index is 1.55. The summed E-state index contributed by atoms with van der Waals surface area (Å²) < 4.78 is 21.9. The molecule has 2 aromatic heterocycles. The number of aryl methyl sites for hydroxylation is 1. The van der Waals surface area contributed by atoms with Crippen LogP contribution in [0.15, 0.2) is 53.5 Å². The van der Waals surface area contributed by atoms with Crippen LogP contribution < -0.4 is 27.8 Å². The largest absolute Gasteiger partial charge is 0.385 e. The topological polar surface area (TPSA) is 160 Å². The summed E-state index contributed by atoms with van der Waals surface area (Å²) in [6, 6.07) is 13.1. The highest BCUT2D eigenvalue weighted by Crippen LogP contribution is 2.31. The van der Waals surface area contributed by atoms with E-state index < -0.39 is 11.5 Å². The Morgan fingerprint density at radius 3 is 2.65 bits per heavy atom. The van der Waals surface area contributed by atoms with Crippen LogP contribution in [0.2, 0.25) is 5.02 Å². The van der Waals surface area contributed by atoms with Crippen LogP contribution >= 0.6 is 11.6 Å². The summed E-state index contributed by atoms with van der Waals surface area (Å²) in [7, 11) is 1.67. The zero-order chi connectivity index (χ0) is 30.9. The summed E-state index contributed by atoms with van der Waals surface area (Å²) >= 11 is 6.25. The monoisotopic (exact) mass is 610 g/mol. The van der Waals surface area contributed by atoms with Crippen LogP contribution in [0, 0.1) is 11.2 Å². The van der Waals surface area contributed by atoms with E-state index in [9.17, 15) is 4.79 Å². The van der Waals surface area contributed by atoms with Crippen LogP contribution in [0.1, 0.15) is 49.8 Å². The van der Waals surface area contributed by atoms with Crippen molar-refractivity contribution in [3.05, 3.63) is 81.1 Å². The molecule has 0 fully saturated rings. The van der Waals surface area contributed by atoms with Gasteiger partial charge in [-0.3, -0.25) is 9.98 Å². The van der Waals surface area contributed by atoms with Crippen molar-refractivity contribution in [3.8, 4) is 16.9 Å². The number of methoxy groups -OCH3 is 1. The number of fused-ring (bicyclic) bond motifs is 1. The number of nitrogens with two attached hydrogens (primary N) is 2. The van der Waals surface area contributed by atoms with Crippen LogP contribution in [-0.4, -0.2) is 53.3 Å². The van der Waals surface area contributed by atoms with Crippen molar-refractivity contribution in [1.29, 1.82) is 5.41 Å². The van der Waals surface area contributed by atoms with Crippen LogP contribution in [0.25, 0.3) is 28.0 Å². The molecule has 0 bridgehead atoms. The molecular weight excluding hydrogens is 571 g/mol. The summed E-state index contributed by atoms with van der Waals surface area (Å²) in [5.41, 5.74) is 14.6. The van der Waals surface area contributed by atoms with Crippen molar-refractivity contribution in [2.24, 2.45) is 11.5 Å². The molecule has 0 radical (unpaired) electrons. The van der Waals surface area contributed by atoms with Gasteiger partial charge in [-0.1, -0.05) is 23.7 Å².